The molecule has 0 heterocycles. The average Bonchev–Trinajstić information content (AvgIpc) is 2.49. The van der Waals surface area contributed by atoms with Crippen LogP contribution in [0.1, 0.15) is 22.3 Å². The number of rotatable bonds is 4. The molecule has 2 aromatic carbocycles. The van der Waals surface area contributed by atoms with Crippen molar-refractivity contribution in [3.63, 3.8) is 0 Å². The highest BCUT2D eigenvalue weighted by atomic mass is 19.1. The molecular formula is C17H14FN3. The van der Waals surface area contributed by atoms with Gasteiger partial charge in [0.15, 0.2) is 0 Å². The number of nitrogens with zero attached hydrogens (tertiary/aromatic N) is 3. The van der Waals surface area contributed by atoms with Crippen molar-refractivity contribution >= 4 is 0 Å². The molecule has 2 aromatic rings. The Kier molecular flexibility index (Phi) is 4.66. The Morgan fingerprint density at radius 3 is 2.38 bits per heavy atom. The third-order valence-corrected chi connectivity index (χ3v) is 3.11. The molecule has 0 aliphatic rings. The maximum atomic E-state index is 13.3. The zero-order chi connectivity index (χ0) is 15.2. The van der Waals surface area contributed by atoms with E-state index in [0.29, 0.717) is 18.7 Å². The molecule has 0 atom stereocenters. The van der Waals surface area contributed by atoms with Gasteiger partial charge in [-0.25, -0.2) is 4.39 Å². The van der Waals surface area contributed by atoms with Crippen molar-refractivity contribution in [3.05, 3.63) is 70.5 Å². The quantitative estimate of drug-likeness (QED) is 0.863. The molecule has 0 saturated heterocycles. The van der Waals surface area contributed by atoms with E-state index in [4.69, 9.17) is 10.5 Å². The number of hydrogen-bond donors (Lipinski definition) is 0. The van der Waals surface area contributed by atoms with Gasteiger partial charge in [-0.05, 0) is 42.4 Å². The van der Waals surface area contributed by atoms with E-state index in [1.165, 1.54) is 6.07 Å². The zero-order valence-corrected chi connectivity index (χ0v) is 11.7. The van der Waals surface area contributed by atoms with Crippen LogP contribution in [0.2, 0.25) is 0 Å². The Hall–Kier alpha value is -2.69. The molecule has 0 radical (unpaired) electrons. The van der Waals surface area contributed by atoms with Crippen LogP contribution in [0, 0.1) is 28.5 Å². The smallest absolute Gasteiger partial charge is 0.140 e. The van der Waals surface area contributed by atoms with Crippen LogP contribution in [0.3, 0.4) is 0 Å². The minimum atomic E-state index is -0.495. The van der Waals surface area contributed by atoms with Crippen molar-refractivity contribution in [1.82, 2.24) is 4.90 Å². The monoisotopic (exact) mass is 279 g/mol. The van der Waals surface area contributed by atoms with Crippen LogP contribution >= 0.6 is 0 Å². The van der Waals surface area contributed by atoms with E-state index in [2.05, 4.69) is 6.07 Å². The third kappa shape index (κ3) is 3.89. The largest absolute Gasteiger partial charge is 0.298 e. The summed E-state index contributed by atoms with van der Waals surface area (Å²) in [5.74, 6) is -0.495. The second kappa shape index (κ2) is 6.65. The predicted octanol–water partition coefficient (Wildman–Crippen LogP) is 3.20. The van der Waals surface area contributed by atoms with Gasteiger partial charge in [-0.1, -0.05) is 18.2 Å². The van der Waals surface area contributed by atoms with Gasteiger partial charge in [0.2, 0.25) is 0 Å². The summed E-state index contributed by atoms with van der Waals surface area (Å²) in [5, 5.41) is 17.7. The molecule has 0 saturated carbocycles. The van der Waals surface area contributed by atoms with Gasteiger partial charge in [-0.2, -0.15) is 10.5 Å². The molecule has 0 aliphatic heterocycles. The van der Waals surface area contributed by atoms with Crippen molar-refractivity contribution < 1.29 is 4.39 Å². The van der Waals surface area contributed by atoms with Crippen LogP contribution in [0.4, 0.5) is 4.39 Å². The Morgan fingerprint density at radius 1 is 1.00 bits per heavy atom. The summed E-state index contributed by atoms with van der Waals surface area (Å²) in [6.07, 6.45) is 0. The van der Waals surface area contributed by atoms with Crippen molar-refractivity contribution in [2.45, 2.75) is 13.1 Å². The summed E-state index contributed by atoms with van der Waals surface area (Å²) >= 11 is 0. The maximum absolute atomic E-state index is 13.3. The highest BCUT2D eigenvalue weighted by Gasteiger charge is 2.06. The topological polar surface area (TPSA) is 50.8 Å². The summed E-state index contributed by atoms with van der Waals surface area (Å²) < 4.78 is 13.3. The number of halogens is 1. The fraction of sp³-hybridized carbons (Fsp3) is 0.176. The number of benzene rings is 2. The van der Waals surface area contributed by atoms with Crippen molar-refractivity contribution in [1.29, 1.82) is 10.5 Å². The van der Waals surface area contributed by atoms with Gasteiger partial charge in [-0.3, -0.25) is 4.90 Å². The zero-order valence-electron chi connectivity index (χ0n) is 11.7. The molecule has 0 N–H and O–H groups in total. The van der Waals surface area contributed by atoms with Gasteiger partial charge >= 0.3 is 0 Å². The first-order valence-electron chi connectivity index (χ1n) is 6.48. The third-order valence-electron chi connectivity index (χ3n) is 3.11. The summed E-state index contributed by atoms with van der Waals surface area (Å²) in [5.41, 5.74) is 2.62. The molecule has 4 heteroatoms. The van der Waals surface area contributed by atoms with Gasteiger partial charge in [0.1, 0.15) is 11.9 Å². The lowest BCUT2D eigenvalue weighted by atomic mass is 10.1. The van der Waals surface area contributed by atoms with Crippen molar-refractivity contribution in [2.75, 3.05) is 7.05 Å². The van der Waals surface area contributed by atoms with Crippen molar-refractivity contribution in [2.24, 2.45) is 0 Å². The van der Waals surface area contributed by atoms with E-state index in [1.807, 2.05) is 36.2 Å². The molecule has 0 unspecified atom stereocenters. The summed E-state index contributed by atoms with van der Waals surface area (Å²) in [4.78, 5) is 2.05. The average molecular weight is 279 g/mol. The van der Waals surface area contributed by atoms with Gasteiger partial charge in [0, 0.05) is 13.1 Å². The predicted molar refractivity (Wildman–Crippen MR) is 77.4 cm³/mol. The van der Waals surface area contributed by atoms with Crippen LogP contribution in [0.15, 0.2) is 42.5 Å². The van der Waals surface area contributed by atoms with E-state index >= 15 is 0 Å². The van der Waals surface area contributed by atoms with Crippen LogP contribution < -0.4 is 0 Å². The maximum Gasteiger partial charge on any atom is 0.140 e. The minimum absolute atomic E-state index is 0.0624. The highest BCUT2D eigenvalue weighted by molar-refractivity contribution is 5.35. The molecular weight excluding hydrogens is 265 g/mol. The molecule has 0 bridgehead atoms. The first-order chi connectivity index (χ1) is 10.1. The van der Waals surface area contributed by atoms with E-state index < -0.39 is 5.82 Å². The first-order valence-corrected chi connectivity index (χ1v) is 6.48. The molecule has 0 aromatic heterocycles. The van der Waals surface area contributed by atoms with Crippen LogP contribution in [-0.2, 0) is 13.1 Å². The molecule has 104 valence electrons. The summed E-state index contributed by atoms with van der Waals surface area (Å²) in [6.45, 7) is 1.28. The van der Waals surface area contributed by atoms with Crippen LogP contribution in [0.5, 0.6) is 0 Å². The van der Waals surface area contributed by atoms with E-state index in [1.54, 1.807) is 18.2 Å². The van der Waals surface area contributed by atoms with Crippen LogP contribution in [-0.4, -0.2) is 11.9 Å². The Bertz CT molecular complexity index is 726. The SMILES string of the molecule is CN(Cc1cccc(C#N)c1)Cc1ccc(F)c(C#N)c1. The fourth-order valence-electron chi connectivity index (χ4n) is 2.17. The normalized spacial score (nSPS) is 10.1. The minimum Gasteiger partial charge on any atom is -0.298 e. The Balaban J connectivity index is 2.06. The fourth-order valence-corrected chi connectivity index (χ4v) is 2.17. The molecule has 0 amide bonds. The first kappa shape index (κ1) is 14.7. The molecule has 0 aliphatic carbocycles. The summed E-state index contributed by atoms with van der Waals surface area (Å²) in [6, 6.07) is 16.0. The molecule has 2 rings (SSSR count). The molecule has 0 fully saturated rings. The standard InChI is InChI=1S/C17H14FN3/c1-21(11-14-4-2-3-13(7-14)9-19)12-15-5-6-17(18)16(8-15)10-20/h2-8H,11-12H2,1H3. The molecule has 21 heavy (non-hydrogen) atoms. The lowest BCUT2D eigenvalue weighted by molar-refractivity contribution is 0.319. The van der Waals surface area contributed by atoms with Gasteiger partial charge in [-0.15, -0.1) is 0 Å². The van der Waals surface area contributed by atoms with Crippen molar-refractivity contribution in [3.8, 4) is 12.1 Å². The molecule has 0 spiro atoms. The highest BCUT2D eigenvalue weighted by Crippen LogP contribution is 2.13. The number of hydrogen-bond acceptors (Lipinski definition) is 3. The lowest BCUT2D eigenvalue weighted by Crippen LogP contribution is -2.17. The van der Waals surface area contributed by atoms with Gasteiger partial charge in [0.05, 0.1) is 17.2 Å². The Labute approximate surface area is 123 Å². The van der Waals surface area contributed by atoms with Gasteiger partial charge in [0.25, 0.3) is 0 Å². The molecule has 3 nitrogen and oxygen atoms in total. The second-order valence-electron chi connectivity index (χ2n) is 4.91. The Morgan fingerprint density at radius 2 is 1.71 bits per heavy atom. The van der Waals surface area contributed by atoms with Crippen LogP contribution in [0.25, 0.3) is 0 Å². The van der Waals surface area contributed by atoms with Gasteiger partial charge < -0.3 is 0 Å². The second-order valence-corrected chi connectivity index (χ2v) is 4.91. The van der Waals surface area contributed by atoms with E-state index in [-0.39, 0.29) is 5.56 Å². The lowest BCUT2D eigenvalue weighted by Gasteiger charge is -2.17. The summed E-state index contributed by atoms with van der Waals surface area (Å²) in [7, 11) is 1.94. The van der Waals surface area contributed by atoms with E-state index in [9.17, 15) is 4.39 Å². The number of nitriles is 2. The van der Waals surface area contributed by atoms with E-state index in [0.717, 1.165) is 11.1 Å².